The predicted octanol–water partition coefficient (Wildman–Crippen LogP) is 2.83. The van der Waals surface area contributed by atoms with Crippen molar-refractivity contribution in [2.75, 3.05) is 0 Å². The largest absolute Gasteiger partial charge is 0.289 e. The molecule has 1 amide bonds. The van der Waals surface area contributed by atoms with E-state index in [4.69, 9.17) is 5.21 Å². The Kier molecular flexibility index (Phi) is 3.24. The molecule has 2 aromatic carbocycles. The molecule has 3 rings (SSSR count). The van der Waals surface area contributed by atoms with E-state index in [1.165, 1.54) is 6.07 Å². The van der Waals surface area contributed by atoms with E-state index in [0.717, 1.165) is 5.56 Å². The van der Waals surface area contributed by atoms with Crippen LogP contribution in [0.2, 0.25) is 0 Å². The molecule has 0 aromatic heterocycles. The zero-order valence-electron chi connectivity index (χ0n) is 10.7. The molecule has 0 spiro atoms. The molecule has 0 radical (unpaired) electrons. The molecule has 0 aliphatic heterocycles. The van der Waals surface area contributed by atoms with E-state index in [9.17, 15) is 9.18 Å². The topological polar surface area (TPSA) is 49.3 Å². The molecule has 0 heterocycles. The van der Waals surface area contributed by atoms with Crippen LogP contribution in [0.15, 0.2) is 54.6 Å². The summed E-state index contributed by atoms with van der Waals surface area (Å²) in [5.41, 5.74) is 3.19. The van der Waals surface area contributed by atoms with Crippen LogP contribution in [0.4, 0.5) is 4.39 Å². The number of benzene rings is 2. The van der Waals surface area contributed by atoms with Gasteiger partial charge in [0.1, 0.15) is 5.82 Å². The fourth-order valence-corrected chi connectivity index (χ4v) is 2.93. The summed E-state index contributed by atoms with van der Waals surface area (Å²) < 4.78 is 13.9. The second-order valence-electron chi connectivity index (χ2n) is 4.99. The fraction of sp³-hybridized carbons (Fsp3) is 0.188. The van der Waals surface area contributed by atoms with E-state index in [0.29, 0.717) is 5.56 Å². The van der Waals surface area contributed by atoms with Crippen LogP contribution in [0.25, 0.3) is 0 Å². The number of rotatable bonds is 3. The Labute approximate surface area is 116 Å². The summed E-state index contributed by atoms with van der Waals surface area (Å²) in [6.45, 7) is 0. The molecule has 4 heteroatoms. The monoisotopic (exact) mass is 271 g/mol. The number of halogens is 1. The van der Waals surface area contributed by atoms with Gasteiger partial charge in [0, 0.05) is 11.8 Å². The number of hydroxylamine groups is 1. The minimum Gasteiger partial charge on any atom is -0.289 e. The van der Waals surface area contributed by atoms with Gasteiger partial charge in [0.05, 0.1) is 5.92 Å². The third-order valence-corrected chi connectivity index (χ3v) is 3.88. The van der Waals surface area contributed by atoms with Gasteiger partial charge in [-0.2, -0.15) is 0 Å². The highest BCUT2D eigenvalue weighted by Gasteiger charge is 2.56. The Morgan fingerprint density at radius 1 is 1.00 bits per heavy atom. The number of hydrogen-bond acceptors (Lipinski definition) is 2. The van der Waals surface area contributed by atoms with Crippen molar-refractivity contribution in [3.05, 3.63) is 71.5 Å². The average Bonchev–Trinajstić information content (AvgIpc) is 3.23. The minimum atomic E-state index is -0.466. The van der Waals surface area contributed by atoms with E-state index in [1.54, 1.807) is 23.7 Å². The lowest BCUT2D eigenvalue weighted by Gasteiger charge is -2.02. The number of amides is 1. The van der Waals surface area contributed by atoms with Crippen molar-refractivity contribution < 1.29 is 14.4 Å². The van der Waals surface area contributed by atoms with Crippen LogP contribution in [-0.4, -0.2) is 11.1 Å². The maximum Gasteiger partial charge on any atom is 0.247 e. The van der Waals surface area contributed by atoms with Crippen LogP contribution in [0.5, 0.6) is 0 Å². The number of hydrogen-bond donors (Lipinski definition) is 2. The van der Waals surface area contributed by atoms with Gasteiger partial charge in [-0.15, -0.1) is 0 Å². The van der Waals surface area contributed by atoms with Crippen LogP contribution in [0, 0.1) is 11.7 Å². The summed E-state index contributed by atoms with van der Waals surface area (Å²) in [5, 5.41) is 8.85. The van der Waals surface area contributed by atoms with Crippen LogP contribution >= 0.6 is 0 Å². The van der Waals surface area contributed by atoms with Gasteiger partial charge in [-0.05, 0) is 17.2 Å². The van der Waals surface area contributed by atoms with E-state index in [-0.39, 0.29) is 17.7 Å². The van der Waals surface area contributed by atoms with Gasteiger partial charge in [0.15, 0.2) is 0 Å². The summed E-state index contributed by atoms with van der Waals surface area (Å²) in [6.07, 6.45) is 0. The van der Waals surface area contributed by atoms with Crippen LogP contribution < -0.4 is 5.48 Å². The molecule has 1 aliphatic rings. The zero-order chi connectivity index (χ0) is 14.1. The summed E-state index contributed by atoms with van der Waals surface area (Å²) in [7, 11) is 0. The lowest BCUT2D eigenvalue weighted by atomic mass is 10.0. The SMILES string of the molecule is O=C(NO)C1C(c2ccccc2)C1c1ccccc1F. The third-order valence-electron chi connectivity index (χ3n) is 3.88. The average molecular weight is 271 g/mol. The molecule has 3 atom stereocenters. The van der Waals surface area contributed by atoms with E-state index >= 15 is 0 Å². The number of carbonyl (C=O) groups excluding carboxylic acids is 1. The van der Waals surface area contributed by atoms with E-state index < -0.39 is 11.8 Å². The molecular weight excluding hydrogens is 257 g/mol. The maximum absolute atomic E-state index is 13.9. The fourth-order valence-electron chi connectivity index (χ4n) is 2.93. The second kappa shape index (κ2) is 5.06. The summed E-state index contributed by atoms with van der Waals surface area (Å²) >= 11 is 0. The van der Waals surface area contributed by atoms with Crippen molar-refractivity contribution in [3.63, 3.8) is 0 Å². The second-order valence-corrected chi connectivity index (χ2v) is 4.99. The lowest BCUT2D eigenvalue weighted by molar-refractivity contribution is -0.130. The minimum absolute atomic E-state index is 0.0970. The quantitative estimate of drug-likeness (QED) is 0.666. The van der Waals surface area contributed by atoms with Crippen molar-refractivity contribution in [1.29, 1.82) is 0 Å². The number of carbonyl (C=O) groups is 1. The first-order valence-corrected chi connectivity index (χ1v) is 6.47. The molecule has 3 unspecified atom stereocenters. The lowest BCUT2D eigenvalue weighted by Crippen LogP contribution is -2.21. The predicted molar refractivity (Wildman–Crippen MR) is 71.7 cm³/mol. The molecule has 2 N–H and O–H groups in total. The van der Waals surface area contributed by atoms with Crippen molar-refractivity contribution >= 4 is 5.91 Å². The first-order valence-electron chi connectivity index (χ1n) is 6.47. The molecule has 102 valence electrons. The normalized spacial score (nSPS) is 24.2. The maximum atomic E-state index is 13.9. The van der Waals surface area contributed by atoms with Gasteiger partial charge in [0.25, 0.3) is 0 Å². The Morgan fingerprint density at radius 3 is 2.30 bits per heavy atom. The first kappa shape index (κ1) is 12.8. The molecular formula is C16H14FNO2. The van der Waals surface area contributed by atoms with E-state index in [2.05, 4.69) is 0 Å². The van der Waals surface area contributed by atoms with Crippen molar-refractivity contribution in [2.24, 2.45) is 5.92 Å². The van der Waals surface area contributed by atoms with Gasteiger partial charge in [-0.1, -0.05) is 48.5 Å². The number of nitrogens with one attached hydrogen (secondary N) is 1. The zero-order valence-corrected chi connectivity index (χ0v) is 10.7. The summed E-state index contributed by atoms with van der Waals surface area (Å²) in [5.74, 6) is -1.54. The summed E-state index contributed by atoms with van der Waals surface area (Å²) in [6, 6.07) is 16.0. The Morgan fingerprint density at radius 2 is 1.65 bits per heavy atom. The van der Waals surface area contributed by atoms with Crippen molar-refractivity contribution in [3.8, 4) is 0 Å². The van der Waals surface area contributed by atoms with Gasteiger partial charge in [-0.25, -0.2) is 9.87 Å². The van der Waals surface area contributed by atoms with E-state index in [1.807, 2.05) is 30.3 Å². The Bertz CT molecular complexity index is 629. The van der Waals surface area contributed by atoms with Gasteiger partial charge in [0.2, 0.25) is 5.91 Å². The van der Waals surface area contributed by atoms with Gasteiger partial charge in [-0.3, -0.25) is 10.0 Å². The standard InChI is InChI=1S/C16H14FNO2/c17-12-9-5-4-8-11(12)14-13(15(14)16(19)18-20)10-6-2-1-3-7-10/h1-9,13-15,20H,(H,18,19). The molecule has 0 bridgehead atoms. The smallest absolute Gasteiger partial charge is 0.247 e. The molecule has 2 aromatic rings. The molecule has 3 nitrogen and oxygen atoms in total. The molecule has 0 saturated heterocycles. The highest BCUT2D eigenvalue weighted by molar-refractivity contribution is 5.84. The summed E-state index contributed by atoms with van der Waals surface area (Å²) in [4.78, 5) is 11.8. The molecule has 1 saturated carbocycles. The molecule has 1 fully saturated rings. The first-order chi connectivity index (χ1) is 9.74. The Balaban J connectivity index is 1.97. The van der Waals surface area contributed by atoms with Crippen LogP contribution in [0.1, 0.15) is 23.0 Å². The van der Waals surface area contributed by atoms with Crippen molar-refractivity contribution in [2.45, 2.75) is 11.8 Å². The Hall–Kier alpha value is -2.20. The highest BCUT2D eigenvalue weighted by Crippen LogP contribution is 2.60. The third kappa shape index (κ3) is 2.08. The molecule has 1 aliphatic carbocycles. The van der Waals surface area contributed by atoms with Gasteiger partial charge >= 0.3 is 0 Å². The van der Waals surface area contributed by atoms with Crippen LogP contribution in [-0.2, 0) is 4.79 Å². The highest BCUT2D eigenvalue weighted by atomic mass is 19.1. The van der Waals surface area contributed by atoms with Crippen molar-refractivity contribution in [1.82, 2.24) is 5.48 Å². The van der Waals surface area contributed by atoms with Crippen LogP contribution in [0.3, 0.4) is 0 Å². The molecule has 20 heavy (non-hydrogen) atoms. The van der Waals surface area contributed by atoms with Gasteiger partial charge < -0.3 is 0 Å².